The molecule has 7 aromatic carbocycles. The van der Waals surface area contributed by atoms with Gasteiger partial charge >= 0.3 is 0 Å². The molecule has 0 radical (unpaired) electrons. The molecule has 0 saturated heterocycles. The molecule has 2 aliphatic rings. The molecule has 0 spiro atoms. The fourth-order valence-corrected chi connectivity index (χ4v) is 7.56. The summed E-state index contributed by atoms with van der Waals surface area (Å²) in [4.78, 5) is 9.02. The summed E-state index contributed by atoms with van der Waals surface area (Å²) in [6.07, 6.45) is 0. The summed E-state index contributed by atoms with van der Waals surface area (Å²) in [6.45, 7) is 0. The van der Waals surface area contributed by atoms with Crippen LogP contribution in [0.4, 0.5) is 45.5 Å². The second-order valence-corrected chi connectivity index (χ2v) is 13.0. The van der Waals surface area contributed by atoms with E-state index in [1.165, 1.54) is 22.7 Å². The first-order valence-electron chi connectivity index (χ1n) is 16.9. The lowest BCUT2D eigenvalue weighted by Gasteiger charge is -2.36. The highest BCUT2D eigenvalue weighted by molar-refractivity contribution is 6.10. The van der Waals surface area contributed by atoms with Crippen molar-refractivity contribution in [1.82, 2.24) is 0 Å². The summed E-state index contributed by atoms with van der Waals surface area (Å²) >= 11 is 0. The molecule has 0 unspecified atom stereocenters. The Labute approximate surface area is 293 Å². The summed E-state index contributed by atoms with van der Waals surface area (Å²) < 4.78 is 0. The minimum Gasteiger partial charge on any atom is -0.341 e. The lowest BCUT2D eigenvalue weighted by Crippen LogP contribution is -2.24. The zero-order valence-corrected chi connectivity index (χ0v) is 28.5. The van der Waals surface area contributed by atoms with Gasteiger partial charge in [-0.2, -0.15) is 0 Å². The number of hydrogen-bond acceptors (Lipinski definition) is 4. The monoisotopic (exact) mass is 642 g/mol. The van der Waals surface area contributed by atoms with Crippen molar-refractivity contribution >= 4 is 67.0 Å². The van der Waals surface area contributed by atoms with E-state index in [9.17, 15) is 0 Å². The first-order valence-corrected chi connectivity index (χ1v) is 16.9. The van der Waals surface area contributed by atoms with Crippen molar-refractivity contribution in [3.63, 3.8) is 0 Å². The molecule has 0 N–H and O–H groups in total. The van der Waals surface area contributed by atoms with E-state index in [0.29, 0.717) is 0 Å². The first-order chi connectivity index (χ1) is 24.5. The van der Waals surface area contributed by atoms with E-state index < -0.39 is 0 Å². The van der Waals surface area contributed by atoms with E-state index in [1.54, 1.807) is 0 Å². The number of anilines is 8. The number of hydrogen-bond donors (Lipinski definition) is 0. The molecule has 7 aromatic rings. The number of nitrogens with zero attached hydrogens (tertiary/aromatic N) is 4. The summed E-state index contributed by atoms with van der Waals surface area (Å²) in [5, 5.41) is 4.43. The third kappa shape index (κ3) is 4.58. The van der Waals surface area contributed by atoms with Gasteiger partial charge in [0.1, 0.15) is 0 Å². The second-order valence-electron chi connectivity index (χ2n) is 13.0. The van der Waals surface area contributed by atoms with Crippen molar-refractivity contribution in [2.24, 2.45) is 0 Å². The van der Waals surface area contributed by atoms with Crippen molar-refractivity contribution in [2.45, 2.75) is 0 Å². The maximum absolute atomic E-state index is 3.61. The smallest absolute Gasteiger partial charge is 0.0662 e. The average Bonchev–Trinajstić information content (AvgIpc) is 3.17. The molecule has 0 saturated carbocycles. The quantitative estimate of drug-likeness (QED) is 0.121. The first kappa shape index (κ1) is 29.5. The molecule has 9 rings (SSSR count). The lowest BCUT2D eigenvalue weighted by atomic mass is 9.91. The lowest BCUT2D eigenvalue weighted by molar-refractivity contribution is 1.09. The zero-order chi connectivity index (χ0) is 33.9. The average molecular weight is 643 g/mol. The van der Waals surface area contributed by atoms with Gasteiger partial charge in [0.2, 0.25) is 0 Å². The van der Waals surface area contributed by atoms with Crippen molar-refractivity contribution in [2.75, 3.05) is 47.8 Å². The van der Waals surface area contributed by atoms with Crippen LogP contribution in [0.5, 0.6) is 0 Å². The fourth-order valence-electron chi connectivity index (χ4n) is 7.56. The van der Waals surface area contributed by atoms with Gasteiger partial charge in [-0.3, -0.25) is 0 Å². The Morgan fingerprint density at radius 3 is 0.920 bits per heavy atom. The summed E-state index contributed by atoms with van der Waals surface area (Å²) in [6, 6.07) is 47.1. The van der Waals surface area contributed by atoms with Gasteiger partial charge in [0.25, 0.3) is 0 Å². The van der Waals surface area contributed by atoms with Crippen LogP contribution in [-0.2, 0) is 0 Å². The van der Waals surface area contributed by atoms with Crippen molar-refractivity contribution in [3.05, 3.63) is 156 Å². The fraction of sp³-hybridized carbons (Fsp3) is 0.0870. The van der Waals surface area contributed by atoms with Gasteiger partial charge < -0.3 is 19.6 Å². The van der Waals surface area contributed by atoms with E-state index in [2.05, 4.69) is 205 Å². The molecule has 0 aromatic heterocycles. The Morgan fingerprint density at radius 1 is 0.300 bits per heavy atom. The molecule has 2 heterocycles. The van der Waals surface area contributed by atoms with Crippen LogP contribution in [0.2, 0.25) is 0 Å². The van der Waals surface area contributed by atoms with E-state index in [1.807, 2.05) is 0 Å². The van der Waals surface area contributed by atoms with Crippen molar-refractivity contribution < 1.29 is 0 Å². The van der Waals surface area contributed by atoms with E-state index in [-0.39, 0.29) is 0 Å². The van der Waals surface area contributed by atoms with Gasteiger partial charge in [0, 0.05) is 50.4 Å². The highest BCUT2D eigenvalue weighted by Crippen LogP contribution is 2.47. The Morgan fingerprint density at radius 2 is 0.580 bits per heavy atom. The minimum atomic E-state index is 0.978. The largest absolute Gasteiger partial charge is 0.341 e. The highest BCUT2D eigenvalue weighted by Gasteiger charge is 2.25. The molecule has 238 valence electrons. The molecular weight excluding hydrogens is 609 g/mol. The maximum Gasteiger partial charge on any atom is 0.0662 e. The van der Waals surface area contributed by atoms with Gasteiger partial charge in [-0.25, -0.2) is 0 Å². The number of para-hydroxylation sites is 4. The van der Waals surface area contributed by atoms with Crippen molar-refractivity contribution in [3.8, 4) is 23.7 Å². The molecule has 0 atom stereocenters. The molecule has 0 bridgehead atoms. The molecule has 4 heteroatoms. The Bertz CT molecular complexity index is 2410. The Hall–Kier alpha value is -6.62. The number of fused-ring (bicyclic) bond motifs is 6. The maximum atomic E-state index is 3.61. The molecule has 0 fully saturated rings. The van der Waals surface area contributed by atoms with E-state index >= 15 is 0 Å². The molecule has 4 nitrogen and oxygen atoms in total. The molecule has 50 heavy (non-hydrogen) atoms. The SMILES string of the molecule is CN1c2ccccc2N(C)c2cc(C#Cc3c4ccccc4c(C#Cc4ccc5c(c4)N(C)c4ccccc4N5C)c4ccccc34)ccc21. The molecule has 0 aliphatic carbocycles. The van der Waals surface area contributed by atoms with Crippen LogP contribution in [0.3, 0.4) is 0 Å². The van der Waals surface area contributed by atoms with Gasteiger partial charge in [-0.05, 0) is 82.2 Å². The van der Waals surface area contributed by atoms with Gasteiger partial charge in [-0.15, -0.1) is 0 Å². The second kappa shape index (κ2) is 11.5. The number of benzene rings is 7. The third-order valence-electron chi connectivity index (χ3n) is 10.2. The Kier molecular flexibility index (Phi) is 6.80. The third-order valence-corrected chi connectivity index (χ3v) is 10.2. The van der Waals surface area contributed by atoms with Gasteiger partial charge in [-0.1, -0.05) is 96.5 Å². The van der Waals surface area contributed by atoms with Gasteiger partial charge in [0.05, 0.1) is 45.5 Å². The van der Waals surface area contributed by atoms with Crippen LogP contribution < -0.4 is 19.6 Å². The molecular formula is C46H34N4. The zero-order valence-electron chi connectivity index (χ0n) is 28.5. The van der Waals surface area contributed by atoms with E-state index in [4.69, 9.17) is 0 Å². The Balaban J connectivity index is 1.13. The topological polar surface area (TPSA) is 13.0 Å². The van der Waals surface area contributed by atoms with Crippen LogP contribution in [0.25, 0.3) is 21.5 Å². The standard InChI is InChI=1S/C46H34N4/c1-47-39-17-9-11-19-41(39)49(3)45-29-31(23-27-43(45)47)21-25-37-33-13-5-7-15-35(33)38(36-16-8-6-14-34(36)37)26-22-32-24-28-44-46(30-32)50(4)42-20-12-10-18-40(42)48(44)2/h5-20,23-24,27-30H,1-4H3. The highest BCUT2D eigenvalue weighted by atomic mass is 15.2. The van der Waals surface area contributed by atoms with Crippen LogP contribution >= 0.6 is 0 Å². The minimum absolute atomic E-state index is 0.978. The van der Waals surface area contributed by atoms with E-state index in [0.717, 1.165) is 66.5 Å². The summed E-state index contributed by atoms with van der Waals surface area (Å²) in [5.41, 5.74) is 13.4. The van der Waals surface area contributed by atoms with Crippen LogP contribution in [-0.4, -0.2) is 28.2 Å². The summed E-state index contributed by atoms with van der Waals surface area (Å²) in [5.74, 6) is 14.3. The summed E-state index contributed by atoms with van der Waals surface area (Å²) in [7, 11) is 8.51. The predicted molar refractivity (Wildman–Crippen MR) is 211 cm³/mol. The van der Waals surface area contributed by atoms with Crippen molar-refractivity contribution in [1.29, 1.82) is 0 Å². The normalized spacial score (nSPS) is 12.7. The van der Waals surface area contributed by atoms with Crippen LogP contribution in [0.15, 0.2) is 133 Å². The number of rotatable bonds is 0. The molecule has 0 amide bonds. The molecule has 2 aliphatic heterocycles. The van der Waals surface area contributed by atoms with Crippen LogP contribution in [0, 0.1) is 23.7 Å². The predicted octanol–water partition coefficient (Wildman–Crippen LogP) is 10.5. The van der Waals surface area contributed by atoms with Gasteiger partial charge in [0.15, 0.2) is 0 Å². The van der Waals surface area contributed by atoms with Crippen LogP contribution in [0.1, 0.15) is 22.3 Å².